The summed E-state index contributed by atoms with van der Waals surface area (Å²) in [6, 6.07) is 4.18. The number of halogens is 1. The molecule has 2 aliphatic heterocycles. The van der Waals surface area contributed by atoms with Crippen molar-refractivity contribution in [1.82, 2.24) is 9.21 Å². The molecule has 2 saturated heterocycles. The minimum Gasteiger partial charge on any atom is -0.452 e. The molecule has 0 radical (unpaired) electrons. The molecule has 0 spiro atoms. The van der Waals surface area contributed by atoms with Crippen LogP contribution in [-0.4, -0.2) is 61.8 Å². The van der Waals surface area contributed by atoms with Crippen LogP contribution in [0.3, 0.4) is 0 Å². The second-order valence-electron chi connectivity index (χ2n) is 7.97. The Morgan fingerprint density at radius 2 is 1.73 bits per heavy atom. The fourth-order valence-electron chi connectivity index (χ4n) is 4.01. The average Bonchev–Trinajstić information content (AvgIpc) is 3.02. The summed E-state index contributed by atoms with van der Waals surface area (Å²) in [7, 11) is -3.81. The van der Waals surface area contributed by atoms with Gasteiger partial charge in [0, 0.05) is 25.7 Å². The van der Waals surface area contributed by atoms with Crippen LogP contribution in [0.5, 0.6) is 0 Å². The normalized spacial score (nSPS) is 21.1. The summed E-state index contributed by atoms with van der Waals surface area (Å²) in [6.07, 6.45) is 6.56. The van der Waals surface area contributed by atoms with Crippen LogP contribution in [0.15, 0.2) is 23.1 Å². The largest absolute Gasteiger partial charge is 0.452 e. The Balaban J connectivity index is 1.70. The topological polar surface area (TPSA) is 84.0 Å². The molecule has 0 aliphatic carbocycles. The molecule has 166 valence electrons. The lowest BCUT2D eigenvalue weighted by molar-refractivity contribution is -0.137. The lowest BCUT2D eigenvalue weighted by Crippen LogP contribution is -2.44. The van der Waals surface area contributed by atoms with Crippen molar-refractivity contribution >= 4 is 33.5 Å². The molecule has 9 heteroatoms. The van der Waals surface area contributed by atoms with Gasteiger partial charge in [-0.05, 0) is 57.2 Å². The Kier molecular flexibility index (Phi) is 7.76. The molecule has 2 heterocycles. The molecule has 1 atom stereocenters. The molecule has 2 fully saturated rings. The number of carbonyl (C=O) groups excluding carboxylic acids is 2. The van der Waals surface area contributed by atoms with Gasteiger partial charge in [0.15, 0.2) is 6.61 Å². The minimum absolute atomic E-state index is 0.0623. The van der Waals surface area contributed by atoms with Gasteiger partial charge in [-0.2, -0.15) is 4.31 Å². The summed E-state index contributed by atoms with van der Waals surface area (Å²) in [5.41, 5.74) is 0.0623. The van der Waals surface area contributed by atoms with E-state index in [2.05, 4.69) is 0 Å². The predicted octanol–water partition coefficient (Wildman–Crippen LogP) is 3.46. The highest BCUT2D eigenvalue weighted by Crippen LogP contribution is 2.28. The number of hydrogen-bond donors (Lipinski definition) is 0. The zero-order valence-electron chi connectivity index (χ0n) is 17.3. The van der Waals surface area contributed by atoms with Gasteiger partial charge in [0.05, 0.1) is 10.6 Å². The molecule has 3 rings (SSSR count). The average molecular weight is 457 g/mol. The molecular weight excluding hydrogens is 428 g/mol. The van der Waals surface area contributed by atoms with E-state index in [1.54, 1.807) is 4.90 Å². The summed E-state index contributed by atoms with van der Waals surface area (Å²) in [5, 5.41) is 0.0639. The van der Waals surface area contributed by atoms with Crippen LogP contribution in [0.1, 0.15) is 62.2 Å². The quantitative estimate of drug-likeness (QED) is 0.633. The smallest absolute Gasteiger partial charge is 0.338 e. The Labute approximate surface area is 183 Å². The van der Waals surface area contributed by atoms with Gasteiger partial charge in [0.2, 0.25) is 10.0 Å². The molecule has 7 nitrogen and oxygen atoms in total. The van der Waals surface area contributed by atoms with E-state index in [4.69, 9.17) is 16.3 Å². The standard InChI is InChI=1S/C21H29ClN2O5S/c1-16-8-4-7-13-24(16)20(25)15-29-21(26)17-9-10-18(22)19(14-17)30(27,28)23-11-5-2-3-6-12-23/h9-10,14,16H,2-8,11-13,15H2,1H3. The minimum atomic E-state index is -3.81. The fourth-order valence-corrected chi connectivity index (χ4v) is 6.03. The third-order valence-corrected chi connectivity index (χ3v) is 8.18. The number of benzene rings is 1. The van der Waals surface area contributed by atoms with Gasteiger partial charge in [-0.1, -0.05) is 24.4 Å². The highest BCUT2D eigenvalue weighted by atomic mass is 35.5. The Morgan fingerprint density at radius 1 is 1.07 bits per heavy atom. The number of nitrogens with zero attached hydrogens (tertiary/aromatic N) is 2. The predicted molar refractivity (Wildman–Crippen MR) is 114 cm³/mol. The number of sulfonamides is 1. The highest BCUT2D eigenvalue weighted by molar-refractivity contribution is 7.89. The number of likely N-dealkylation sites (tertiary alicyclic amines) is 1. The number of piperidine rings is 1. The molecule has 30 heavy (non-hydrogen) atoms. The van der Waals surface area contributed by atoms with E-state index < -0.39 is 16.0 Å². The van der Waals surface area contributed by atoms with E-state index in [-0.39, 0.29) is 34.0 Å². The number of hydrogen-bond acceptors (Lipinski definition) is 5. The van der Waals surface area contributed by atoms with E-state index >= 15 is 0 Å². The Bertz CT molecular complexity index is 881. The van der Waals surface area contributed by atoms with Gasteiger partial charge in [-0.15, -0.1) is 0 Å². The molecular formula is C21H29ClN2O5S. The molecule has 1 amide bonds. The van der Waals surface area contributed by atoms with Gasteiger partial charge in [-0.3, -0.25) is 4.79 Å². The Hall–Kier alpha value is -1.64. The number of rotatable bonds is 5. The number of carbonyl (C=O) groups is 2. The van der Waals surface area contributed by atoms with Crippen molar-refractivity contribution in [3.05, 3.63) is 28.8 Å². The number of esters is 1. The van der Waals surface area contributed by atoms with Gasteiger partial charge in [0.25, 0.3) is 5.91 Å². The van der Waals surface area contributed by atoms with Crippen LogP contribution in [0.25, 0.3) is 0 Å². The van der Waals surface area contributed by atoms with Crippen molar-refractivity contribution in [3.8, 4) is 0 Å². The first-order chi connectivity index (χ1) is 14.3. The van der Waals surface area contributed by atoms with E-state index in [1.165, 1.54) is 22.5 Å². The lowest BCUT2D eigenvalue weighted by atomic mass is 10.0. The van der Waals surface area contributed by atoms with E-state index in [0.29, 0.717) is 19.6 Å². The first kappa shape index (κ1) is 23.0. The second kappa shape index (κ2) is 10.1. The van der Waals surface area contributed by atoms with E-state index in [9.17, 15) is 18.0 Å². The number of amides is 1. The molecule has 2 aliphatic rings. The van der Waals surface area contributed by atoms with E-state index in [1.807, 2.05) is 6.92 Å². The first-order valence-electron chi connectivity index (χ1n) is 10.6. The van der Waals surface area contributed by atoms with Crippen LogP contribution in [0, 0.1) is 0 Å². The summed E-state index contributed by atoms with van der Waals surface area (Å²) >= 11 is 6.17. The van der Waals surface area contributed by atoms with Crippen LogP contribution in [0.4, 0.5) is 0 Å². The molecule has 0 aromatic heterocycles. The molecule has 1 aromatic carbocycles. The van der Waals surface area contributed by atoms with Gasteiger partial charge in [-0.25, -0.2) is 13.2 Å². The van der Waals surface area contributed by atoms with Gasteiger partial charge < -0.3 is 9.64 Å². The van der Waals surface area contributed by atoms with Gasteiger partial charge in [0.1, 0.15) is 4.90 Å². The SMILES string of the molecule is CC1CCCCN1C(=O)COC(=O)c1ccc(Cl)c(S(=O)(=O)N2CCCCCC2)c1. The fraction of sp³-hybridized carbons (Fsp3) is 0.619. The van der Waals surface area contributed by atoms with Crippen LogP contribution in [0.2, 0.25) is 5.02 Å². The summed E-state index contributed by atoms with van der Waals surface area (Å²) in [6.45, 7) is 3.17. The Morgan fingerprint density at radius 3 is 2.40 bits per heavy atom. The monoisotopic (exact) mass is 456 g/mol. The van der Waals surface area contributed by atoms with Crippen molar-refractivity contribution < 1.29 is 22.7 Å². The van der Waals surface area contributed by atoms with E-state index in [0.717, 1.165) is 44.9 Å². The molecule has 0 bridgehead atoms. The molecule has 1 unspecified atom stereocenters. The van der Waals surface area contributed by atoms with Crippen LogP contribution < -0.4 is 0 Å². The number of ether oxygens (including phenoxy) is 1. The van der Waals surface area contributed by atoms with Crippen molar-refractivity contribution in [2.24, 2.45) is 0 Å². The van der Waals surface area contributed by atoms with Crippen molar-refractivity contribution in [2.75, 3.05) is 26.2 Å². The maximum Gasteiger partial charge on any atom is 0.338 e. The molecule has 1 aromatic rings. The summed E-state index contributed by atoms with van der Waals surface area (Å²) < 4.78 is 32.8. The molecule has 0 saturated carbocycles. The maximum atomic E-state index is 13.1. The first-order valence-corrected chi connectivity index (χ1v) is 12.4. The van der Waals surface area contributed by atoms with Crippen molar-refractivity contribution in [2.45, 2.75) is 62.8 Å². The summed E-state index contributed by atoms with van der Waals surface area (Å²) in [5.74, 6) is -0.973. The third kappa shape index (κ3) is 5.34. The molecule has 0 N–H and O–H groups in total. The maximum absolute atomic E-state index is 13.1. The van der Waals surface area contributed by atoms with Crippen LogP contribution >= 0.6 is 11.6 Å². The van der Waals surface area contributed by atoms with Gasteiger partial charge >= 0.3 is 5.97 Å². The van der Waals surface area contributed by atoms with Crippen molar-refractivity contribution in [3.63, 3.8) is 0 Å². The zero-order chi connectivity index (χ0) is 21.7. The van der Waals surface area contributed by atoms with Crippen molar-refractivity contribution in [1.29, 1.82) is 0 Å². The third-order valence-electron chi connectivity index (χ3n) is 5.80. The summed E-state index contributed by atoms with van der Waals surface area (Å²) in [4.78, 5) is 26.5. The lowest BCUT2D eigenvalue weighted by Gasteiger charge is -2.33. The zero-order valence-corrected chi connectivity index (χ0v) is 18.9. The highest BCUT2D eigenvalue weighted by Gasteiger charge is 2.29. The second-order valence-corrected chi connectivity index (χ2v) is 10.3. The van der Waals surface area contributed by atoms with Crippen LogP contribution in [-0.2, 0) is 19.6 Å².